The first kappa shape index (κ1) is 22.3. The lowest BCUT2D eigenvalue weighted by molar-refractivity contribution is 0.0943. The molecule has 0 saturated carbocycles. The quantitative estimate of drug-likeness (QED) is 0.383. The molecule has 0 saturated heterocycles. The van der Waals surface area contributed by atoms with Crippen LogP contribution in [0.5, 0.6) is 5.75 Å². The summed E-state index contributed by atoms with van der Waals surface area (Å²) in [5.74, 6) is 1.18. The van der Waals surface area contributed by atoms with Gasteiger partial charge in [0.2, 0.25) is 5.89 Å². The third-order valence-corrected chi connectivity index (χ3v) is 5.05. The second kappa shape index (κ2) is 10.6. The Morgan fingerprint density at radius 1 is 1.03 bits per heavy atom. The molecule has 2 aromatic heterocycles. The minimum Gasteiger partial charge on any atom is -0.496 e. The summed E-state index contributed by atoms with van der Waals surface area (Å²) < 4.78 is 29.6. The predicted octanol–water partition coefficient (Wildman–Crippen LogP) is 4.55. The molecular weight excluding hydrogens is 425 g/mol. The molecule has 1 N–H and O–H groups in total. The van der Waals surface area contributed by atoms with Gasteiger partial charge in [-0.25, -0.2) is 9.37 Å². The van der Waals surface area contributed by atoms with Crippen molar-refractivity contribution in [3.8, 4) is 5.75 Å². The van der Waals surface area contributed by atoms with Crippen LogP contribution in [0, 0.1) is 5.82 Å². The molecule has 8 heteroatoms. The molecule has 0 atom stereocenters. The van der Waals surface area contributed by atoms with E-state index in [1.165, 1.54) is 18.4 Å². The van der Waals surface area contributed by atoms with Gasteiger partial charge in [-0.3, -0.25) is 9.69 Å². The molecule has 0 radical (unpaired) electrons. The molecule has 0 aliphatic carbocycles. The number of carbonyl (C=O) groups is 1. The molecule has 0 spiro atoms. The highest BCUT2D eigenvalue weighted by Crippen LogP contribution is 2.22. The smallest absolute Gasteiger partial charge is 0.273 e. The number of aromatic nitrogens is 1. The Balaban J connectivity index is 1.47. The van der Waals surface area contributed by atoms with E-state index in [0.29, 0.717) is 31.3 Å². The van der Waals surface area contributed by atoms with Crippen LogP contribution in [-0.4, -0.2) is 22.9 Å². The summed E-state index contributed by atoms with van der Waals surface area (Å²) in [4.78, 5) is 18.8. The van der Waals surface area contributed by atoms with E-state index in [1.807, 2.05) is 24.3 Å². The van der Waals surface area contributed by atoms with Crippen molar-refractivity contribution in [2.45, 2.75) is 26.2 Å². The van der Waals surface area contributed by atoms with Crippen LogP contribution < -0.4 is 10.1 Å². The zero-order valence-corrected chi connectivity index (χ0v) is 18.2. The molecule has 0 fully saturated rings. The maximum Gasteiger partial charge on any atom is 0.273 e. The standard InChI is InChI=1S/C25H24FN3O4/c1-31-23-7-3-2-5-19(23)15-29(14-18-8-10-20(26)11-9-18)16-24-28-22(17-33-24)25(30)27-13-21-6-4-12-32-21/h2-12,17H,13-16H2,1H3,(H,27,30). The highest BCUT2D eigenvalue weighted by molar-refractivity contribution is 5.91. The van der Waals surface area contributed by atoms with Crippen molar-refractivity contribution >= 4 is 5.91 Å². The second-order valence-corrected chi connectivity index (χ2v) is 7.47. The molecule has 0 bridgehead atoms. The Morgan fingerprint density at radius 3 is 2.61 bits per heavy atom. The molecule has 33 heavy (non-hydrogen) atoms. The Labute approximate surface area is 190 Å². The average Bonchev–Trinajstić information content (AvgIpc) is 3.52. The van der Waals surface area contributed by atoms with Crippen LogP contribution in [0.2, 0.25) is 0 Å². The maximum absolute atomic E-state index is 13.3. The number of oxazole rings is 1. The van der Waals surface area contributed by atoms with Gasteiger partial charge in [0.1, 0.15) is 23.6 Å². The summed E-state index contributed by atoms with van der Waals surface area (Å²) in [5, 5.41) is 2.75. The molecule has 170 valence electrons. The summed E-state index contributed by atoms with van der Waals surface area (Å²) >= 11 is 0. The van der Waals surface area contributed by atoms with E-state index in [-0.39, 0.29) is 24.0 Å². The van der Waals surface area contributed by atoms with E-state index in [9.17, 15) is 9.18 Å². The fourth-order valence-electron chi connectivity index (χ4n) is 3.44. The summed E-state index contributed by atoms with van der Waals surface area (Å²) in [6.07, 6.45) is 2.89. The lowest BCUT2D eigenvalue weighted by atomic mass is 10.1. The van der Waals surface area contributed by atoms with Crippen molar-refractivity contribution in [1.82, 2.24) is 15.2 Å². The number of halogens is 1. The van der Waals surface area contributed by atoms with E-state index in [1.54, 1.807) is 37.6 Å². The molecule has 2 heterocycles. The van der Waals surface area contributed by atoms with Gasteiger partial charge in [0.25, 0.3) is 5.91 Å². The minimum atomic E-state index is -0.351. The number of benzene rings is 2. The number of furan rings is 1. The Morgan fingerprint density at radius 2 is 1.85 bits per heavy atom. The highest BCUT2D eigenvalue weighted by Gasteiger charge is 2.17. The summed E-state index contributed by atoms with van der Waals surface area (Å²) in [5.41, 5.74) is 2.12. The van der Waals surface area contributed by atoms with Gasteiger partial charge in [-0.2, -0.15) is 0 Å². The number of ether oxygens (including phenoxy) is 1. The van der Waals surface area contributed by atoms with Crippen molar-refractivity contribution in [2.24, 2.45) is 0 Å². The molecular formula is C25H24FN3O4. The van der Waals surface area contributed by atoms with Crippen molar-refractivity contribution in [3.63, 3.8) is 0 Å². The molecule has 7 nitrogen and oxygen atoms in total. The van der Waals surface area contributed by atoms with Crippen LogP contribution in [0.1, 0.15) is 33.3 Å². The van der Waals surface area contributed by atoms with E-state index >= 15 is 0 Å². The fraction of sp³-hybridized carbons (Fsp3) is 0.200. The van der Waals surface area contributed by atoms with Crippen molar-refractivity contribution in [2.75, 3.05) is 7.11 Å². The van der Waals surface area contributed by atoms with Crippen LogP contribution in [-0.2, 0) is 26.2 Å². The number of para-hydroxylation sites is 1. The fourth-order valence-corrected chi connectivity index (χ4v) is 3.44. The number of rotatable bonds is 10. The summed E-state index contributed by atoms with van der Waals surface area (Å²) in [6.45, 7) is 1.68. The van der Waals surface area contributed by atoms with Crippen molar-refractivity contribution < 1.29 is 22.8 Å². The molecule has 0 aliphatic heterocycles. The van der Waals surface area contributed by atoms with E-state index in [4.69, 9.17) is 13.6 Å². The SMILES string of the molecule is COc1ccccc1CN(Cc1ccc(F)cc1)Cc1nc(C(=O)NCc2ccco2)co1. The first-order valence-electron chi connectivity index (χ1n) is 10.4. The van der Waals surface area contributed by atoms with Crippen LogP contribution in [0.4, 0.5) is 4.39 Å². The van der Waals surface area contributed by atoms with Gasteiger partial charge >= 0.3 is 0 Å². The second-order valence-electron chi connectivity index (χ2n) is 7.47. The number of methoxy groups -OCH3 is 1. The Kier molecular flexibility index (Phi) is 7.16. The monoisotopic (exact) mass is 449 g/mol. The molecule has 0 aliphatic rings. The first-order chi connectivity index (χ1) is 16.1. The van der Waals surface area contributed by atoms with E-state index in [2.05, 4.69) is 15.2 Å². The Hall–Kier alpha value is -3.91. The van der Waals surface area contributed by atoms with Crippen LogP contribution in [0.3, 0.4) is 0 Å². The van der Waals surface area contributed by atoms with Crippen LogP contribution in [0.25, 0.3) is 0 Å². The summed E-state index contributed by atoms with van der Waals surface area (Å²) in [7, 11) is 1.63. The van der Waals surface area contributed by atoms with Gasteiger partial charge in [0, 0.05) is 18.7 Å². The molecule has 4 rings (SSSR count). The number of hydrogen-bond acceptors (Lipinski definition) is 6. The molecule has 0 unspecified atom stereocenters. The van der Waals surface area contributed by atoms with Crippen LogP contribution in [0.15, 0.2) is 82.0 Å². The Bertz CT molecular complexity index is 1170. The van der Waals surface area contributed by atoms with Gasteiger partial charge in [0.15, 0.2) is 5.69 Å². The normalized spacial score (nSPS) is 11.0. The van der Waals surface area contributed by atoms with Gasteiger partial charge < -0.3 is 18.9 Å². The molecule has 2 aromatic carbocycles. The molecule has 1 amide bonds. The van der Waals surface area contributed by atoms with Crippen LogP contribution >= 0.6 is 0 Å². The van der Waals surface area contributed by atoms with Gasteiger partial charge in [-0.15, -0.1) is 0 Å². The zero-order valence-electron chi connectivity index (χ0n) is 18.2. The van der Waals surface area contributed by atoms with Crippen molar-refractivity contribution in [1.29, 1.82) is 0 Å². The zero-order chi connectivity index (χ0) is 23.0. The maximum atomic E-state index is 13.3. The van der Waals surface area contributed by atoms with Gasteiger partial charge in [-0.1, -0.05) is 30.3 Å². The first-order valence-corrected chi connectivity index (χ1v) is 10.4. The van der Waals surface area contributed by atoms with Crippen molar-refractivity contribution in [3.05, 3.63) is 107 Å². The van der Waals surface area contributed by atoms with Gasteiger partial charge in [-0.05, 0) is 35.9 Å². The highest BCUT2D eigenvalue weighted by atomic mass is 19.1. The number of nitrogens with one attached hydrogen (secondary N) is 1. The minimum absolute atomic E-state index is 0.190. The van der Waals surface area contributed by atoms with E-state index < -0.39 is 0 Å². The summed E-state index contributed by atoms with van der Waals surface area (Å²) in [6, 6.07) is 17.6. The third-order valence-electron chi connectivity index (χ3n) is 5.05. The van der Waals surface area contributed by atoms with E-state index in [0.717, 1.165) is 16.9 Å². The molecule has 4 aromatic rings. The lowest BCUT2D eigenvalue weighted by Gasteiger charge is -2.22. The number of nitrogens with zero attached hydrogens (tertiary/aromatic N) is 2. The largest absolute Gasteiger partial charge is 0.496 e. The number of carbonyl (C=O) groups excluding carboxylic acids is 1. The average molecular weight is 449 g/mol. The number of hydrogen-bond donors (Lipinski definition) is 1. The topological polar surface area (TPSA) is 80.7 Å². The predicted molar refractivity (Wildman–Crippen MR) is 119 cm³/mol. The van der Waals surface area contributed by atoms with Gasteiger partial charge in [0.05, 0.1) is 26.5 Å². The third kappa shape index (κ3) is 6.08. The lowest BCUT2D eigenvalue weighted by Crippen LogP contribution is -2.24. The number of amides is 1.